The summed E-state index contributed by atoms with van der Waals surface area (Å²) in [5, 5.41) is 3.50. The molecule has 6 saturated heterocycles. The maximum absolute atomic E-state index is 3.50. The Hall–Kier alpha value is -1.02. The maximum atomic E-state index is 3.50. The third-order valence-corrected chi connectivity index (χ3v) is 12.6. The van der Waals surface area contributed by atoms with Gasteiger partial charge >= 0.3 is 0 Å². The molecule has 6 heteroatoms. The highest BCUT2D eigenvalue weighted by atomic mass is 15.3. The summed E-state index contributed by atoms with van der Waals surface area (Å²) in [7, 11) is 4.55. The third kappa shape index (κ3) is 9.04. The monoisotopic (exact) mass is 593 g/mol. The van der Waals surface area contributed by atoms with Gasteiger partial charge in [-0.2, -0.15) is 0 Å². The molecule has 2 unspecified atom stereocenters. The molecule has 6 fully saturated rings. The lowest BCUT2D eigenvalue weighted by Crippen LogP contribution is -2.45. The fourth-order valence-electron chi connectivity index (χ4n) is 9.56. The predicted molar refractivity (Wildman–Crippen MR) is 180 cm³/mol. The largest absolute Gasteiger partial charge is 0.315 e. The van der Waals surface area contributed by atoms with Gasteiger partial charge in [0, 0.05) is 38.3 Å². The van der Waals surface area contributed by atoms with Gasteiger partial charge in [0.1, 0.15) is 0 Å². The molecule has 2 atom stereocenters. The summed E-state index contributed by atoms with van der Waals surface area (Å²) in [5.41, 5.74) is 1.46. The van der Waals surface area contributed by atoms with Gasteiger partial charge in [0.25, 0.3) is 0 Å². The lowest BCUT2D eigenvalue weighted by molar-refractivity contribution is 0.0831. The number of benzene rings is 1. The van der Waals surface area contributed by atoms with E-state index in [4.69, 9.17) is 0 Å². The van der Waals surface area contributed by atoms with E-state index in [2.05, 4.69) is 74.2 Å². The Labute approximate surface area is 264 Å². The molecule has 0 radical (unpaired) electrons. The predicted octanol–water partition coefficient (Wildman–Crippen LogP) is 4.72. The molecule has 6 aliphatic heterocycles. The van der Waals surface area contributed by atoms with Gasteiger partial charge in [-0.1, -0.05) is 30.3 Å². The first-order valence-corrected chi connectivity index (χ1v) is 18.4. The van der Waals surface area contributed by atoms with Crippen LogP contribution in [0.4, 0.5) is 0 Å². The van der Waals surface area contributed by atoms with Crippen LogP contribution in [0.2, 0.25) is 0 Å². The summed E-state index contributed by atoms with van der Waals surface area (Å²) in [6, 6.07) is 12.6. The van der Waals surface area contributed by atoms with Gasteiger partial charge in [-0.05, 0) is 166 Å². The van der Waals surface area contributed by atoms with Crippen LogP contribution in [0.25, 0.3) is 0 Å². The SMILES string of the molecule is CN1CCC(C2CCN(C3CCN(Cc4ccccc4)C3)CC2)CC1.CN1CCC(C2CCN(C3CCNC3)CC2)CC1. The molecule has 6 nitrogen and oxygen atoms in total. The van der Waals surface area contributed by atoms with E-state index in [9.17, 15) is 0 Å². The van der Waals surface area contributed by atoms with Gasteiger partial charge in [0.2, 0.25) is 0 Å². The second kappa shape index (κ2) is 16.0. The van der Waals surface area contributed by atoms with E-state index in [1.807, 2.05) is 0 Å². The zero-order valence-electron chi connectivity index (χ0n) is 27.9. The van der Waals surface area contributed by atoms with Gasteiger partial charge in [0.15, 0.2) is 0 Å². The van der Waals surface area contributed by atoms with Crippen molar-refractivity contribution in [2.75, 3.05) is 92.6 Å². The van der Waals surface area contributed by atoms with E-state index < -0.39 is 0 Å². The Morgan fingerprint density at radius 3 is 1.53 bits per heavy atom. The molecule has 0 bridgehead atoms. The number of likely N-dealkylation sites (tertiary alicyclic amines) is 5. The topological polar surface area (TPSA) is 28.2 Å². The molecule has 0 spiro atoms. The van der Waals surface area contributed by atoms with Crippen molar-refractivity contribution >= 4 is 0 Å². The van der Waals surface area contributed by atoms with Crippen LogP contribution in [-0.4, -0.2) is 129 Å². The summed E-state index contributed by atoms with van der Waals surface area (Å²) in [6.45, 7) is 16.9. The van der Waals surface area contributed by atoms with Crippen LogP contribution in [0.5, 0.6) is 0 Å². The molecule has 0 amide bonds. The van der Waals surface area contributed by atoms with E-state index >= 15 is 0 Å². The van der Waals surface area contributed by atoms with Gasteiger partial charge in [0.05, 0.1) is 0 Å². The van der Waals surface area contributed by atoms with Crippen molar-refractivity contribution in [2.45, 2.75) is 82.8 Å². The fraction of sp³-hybridized carbons (Fsp3) is 0.838. The molecule has 6 heterocycles. The highest BCUT2D eigenvalue weighted by molar-refractivity contribution is 5.14. The Morgan fingerprint density at radius 1 is 0.558 bits per heavy atom. The average Bonchev–Trinajstić information content (AvgIpc) is 3.76. The molecule has 7 rings (SSSR count). The normalized spacial score (nSPS) is 30.9. The number of piperidine rings is 4. The third-order valence-electron chi connectivity index (χ3n) is 12.6. The molecule has 1 N–H and O–H groups in total. The minimum absolute atomic E-state index is 0.808. The lowest BCUT2D eigenvalue weighted by Gasteiger charge is -2.41. The van der Waals surface area contributed by atoms with Gasteiger partial charge in [-0.3, -0.25) is 14.7 Å². The molecule has 1 aromatic carbocycles. The Bertz CT molecular complexity index is 904. The van der Waals surface area contributed by atoms with Crippen LogP contribution in [0.15, 0.2) is 30.3 Å². The summed E-state index contributed by atoms with van der Waals surface area (Å²) in [6.07, 6.45) is 14.3. The van der Waals surface area contributed by atoms with Crippen LogP contribution < -0.4 is 5.32 Å². The van der Waals surface area contributed by atoms with Crippen LogP contribution >= 0.6 is 0 Å². The van der Waals surface area contributed by atoms with Gasteiger partial charge < -0.3 is 15.1 Å². The summed E-state index contributed by atoms with van der Waals surface area (Å²) >= 11 is 0. The summed E-state index contributed by atoms with van der Waals surface area (Å²) < 4.78 is 0. The Kier molecular flexibility index (Phi) is 11.9. The number of rotatable bonds is 6. The number of hydrogen-bond acceptors (Lipinski definition) is 6. The van der Waals surface area contributed by atoms with E-state index in [-0.39, 0.29) is 0 Å². The van der Waals surface area contributed by atoms with Gasteiger partial charge in [-0.25, -0.2) is 0 Å². The zero-order valence-corrected chi connectivity index (χ0v) is 27.9. The number of nitrogens with zero attached hydrogens (tertiary/aromatic N) is 5. The highest BCUT2D eigenvalue weighted by Gasteiger charge is 2.34. The molecule has 1 aromatic rings. The zero-order chi connectivity index (χ0) is 29.4. The average molecular weight is 593 g/mol. The van der Waals surface area contributed by atoms with E-state index in [1.165, 1.54) is 148 Å². The molecule has 0 aliphatic carbocycles. The smallest absolute Gasteiger partial charge is 0.0235 e. The Balaban J connectivity index is 0.000000162. The highest BCUT2D eigenvalue weighted by Crippen LogP contribution is 2.34. The minimum atomic E-state index is 0.808. The van der Waals surface area contributed by atoms with E-state index in [0.717, 1.165) is 42.3 Å². The summed E-state index contributed by atoms with van der Waals surface area (Å²) in [4.78, 5) is 13.2. The second-order valence-electron chi connectivity index (χ2n) is 15.3. The first kappa shape index (κ1) is 31.9. The van der Waals surface area contributed by atoms with Crippen molar-refractivity contribution in [3.8, 4) is 0 Å². The number of hydrogen-bond donors (Lipinski definition) is 1. The van der Waals surface area contributed by atoms with Crippen molar-refractivity contribution in [1.82, 2.24) is 29.8 Å². The van der Waals surface area contributed by atoms with Crippen LogP contribution in [0.3, 0.4) is 0 Å². The van der Waals surface area contributed by atoms with Crippen molar-refractivity contribution in [3.05, 3.63) is 35.9 Å². The van der Waals surface area contributed by atoms with Crippen molar-refractivity contribution in [3.63, 3.8) is 0 Å². The Morgan fingerprint density at radius 2 is 1.05 bits per heavy atom. The van der Waals surface area contributed by atoms with Crippen LogP contribution in [-0.2, 0) is 6.54 Å². The quantitative estimate of drug-likeness (QED) is 0.514. The molecule has 6 aliphatic rings. The molecule has 242 valence electrons. The lowest BCUT2D eigenvalue weighted by atomic mass is 9.78. The molecule has 43 heavy (non-hydrogen) atoms. The van der Waals surface area contributed by atoms with E-state index in [1.54, 1.807) is 0 Å². The molecule has 0 aromatic heterocycles. The number of nitrogens with one attached hydrogen (secondary N) is 1. The maximum Gasteiger partial charge on any atom is 0.0235 e. The van der Waals surface area contributed by atoms with Crippen molar-refractivity contribution in [1.29, 1.82) is 0 Å². The fourth-order valence-corrected chi connectivity index (χ4v) is 9.56. The summed E-state index contributed by atoms with van der Waals surface area (Å²) in [5.74, 6) is 4.08. The second-order valence-corrected chi connectivity index (χ2v) is 15.3. The first-order chi connectivity index (χ1) is 21.1. The van der Waals surface area contributed by atoms with Crippen molar-refractivity contribution in [2.24, 2.45) is 23.7 Å². The first-order valence-electron chi connectivity index (χ1n) is 18.4. The van der Waals surface area contributed by atoms with Gasteiger partial charge in [-0.15, -0.1) is 0 Å². The molecular weight excluding hydrogens is 528 g/mol. The van der Waals surface area contributed by atoms with E-state index in [0.29, 0.717) is 0 Å². The van der Waals surface area contributed by atoms with Crippen molar-refractivity contribution < 1.29 is 0 Å². The molecule has 0 saturated carbocycles. The standard InChI is InChI=1S/C22H35N3.C15H29N3/c1-23-12-7-20(8-13-23)21-9-15-25(16-10-21)22-11-14-24(18-22)17-19-5-3-2-4-6-19;1-17-8-3-13(4-9-17)14-5-10-18(11-6-14)15-2-7-16-12-15/h2-6,20-22H,7-18H2,1H3;13-16H,2-12H2,1H3. The van der Waals surface area contributed by atoms with Crippen LogP contribution in [0, 0.1) is 23.7 Å². The minimum Gasteiger partial charge on any atom is -0.315 e. The molecular formula is C37H64N6. The van der Waals surface area contributed by atoms with Crippen LogP contribution in [0.1, 0.15) is 69.8 Å².